The summed E-state index contributed by atoms with van der Waals surface area (Å²) in [4.78, 5) is 9.97. The molecule has 2 nitrogen and oxygen atoms in total. The zero-order chi connectivity index (χ0) is 31.5. The summed E-state index contributed by atoms with van der Waals surface area (Å²) in [6.45, 7) is 37.6. The van der Waals surface area contributed by atoms with E-state index in [1.807, 2.05) is 13.8 Å². The van der Waals surface area contributed by atoms with Crippen molar-refractivity contribution in [1.82, 2.24) is 0 Å². The maximum Gasteiger partial charge on any atom is 0.303 e. The second-order valence-corrected chi connectivity index (χ2v) is 11.7. The summed E-state index contributed by atoms with van der Waals surface area (Å²) in [5, 5.41) is 8.22. The minimum absolute atomic E-state index is 0. The molecule has 2 heteroatoms. The Bertz CT molecular complexity index is 302. The van der Waals surface area contributed by atoms with Crippen LogP contribution in [0, 0.1) is 35.5 Å². The monoisotopic (exact) mass is 563 g/mol. The highest BCUT2D eigenvalue weighted by molar-refractivity contribution is 5.66. The molecule has 0 bridgehead atoms. The first kappa shape index (κ1) is 54.5. The molecule has 0 radical (unpaired) electrons. The van der Waals surface area contributed by atoms with Gasteiger partial charge in [-0.25, -0.2) is 0 Å². The van der Waals surface area contributed by atoms with Crippen molar-refractivity contribution in [3.8, 4) is 0 Å². The van der Waals surface area contributed by atoms with Crippen molar-refractivity contribution in [2.24, 2.45) is 35.5 Å². The number of rotatable bonds is 13. The highest BCUT2D eigenvalue weighted by Gasteiger charge is 2.02. The van der Waals surface area contributed by atoms with E-state index in [1.54, 1.807) is 0 Å². The van der Waals surface area contributed by atoms with E-state index in [1.165, 1.54) is 64.2 Å². The third-order valence-corrected chi connectivity index (χ3v) is 8.19. The maximum absolute atomic E-state index is 9.97. The summed E-state index contributed by atoms with van der Waals surface area (Å²) >= 11 is 0. The minimum Gasteiger partial charge on any atom is -0.481 e. The second-order valence-electron chi connectivity index (χ2n) is 11.7. The Labute approximate surface area is 253 Å². The van der Waals surface area contributed by atoms with Crippen LogP contribution in [0.1, 0.15) is 202 Å². The molecule has 0 amide bonds. The lowest BCUT2D eigenvalue weighted by Crippen LogP contribution is -2.02. The van der Waals surface area contributed by atoms with Gasteiger partial charge < -0.3 is 5.11 Å². The number of hydrogen-bond donors (Lipinski definition) is 1. The number of hydrogen-bond acceptors (Lipinski definition) is 1. The second kappa shape index (κ2) is 47.3. The van der Waals surface area contributed by atoms with E-state index < -0.39 is 5.97 Å². The molecule has 39 heavy (non-hydrogen) atoms. The Morgan fingerprint density at radius 2 is 0.513 bits per heavy atom. The summed E-state index contributed by atoms with van der Waals surface area (Å²) in [5.74, 6) is 4.31. The molecule has 1 N–H and O–H groups in total. The van der Waals surface area contributed by atoms with Crippen LogP contribution >= 0.6 is 0 Å². The van der Waals surface area contributed by atoms with E-state index in [2.05, 4.69) is 104 Å². The lowest BCUT2D eigenvalue weighted by Gasteiger charge is -2.00. The number of carboxylic acids is 1. The average Bonchev–Trinajstić information content (AvgIpc) is 2.95. The van der Waals surface area contributed by atoms with Gasteiger partial charge in [-0.2, -0.15) is 0 Å². The quantitative estimate of drug-likeness (QED) is 0.242. The maximum atomic E-state index is 9.97. The van der Waals surface area contributed by atoms with Gasteiger partial charge in [0.25, 0.3) is 0 Å². The SMILES string of the molecule is C.CCC(C)CC.CCC(C)CC.CCC(C)CC.CCC(C)CC.CCC(C)CC.CCC(C)CC(=O)O. The van der Waals surface area contributed by atoms with Gasteiger partial charge in [-0.3, -0.25) is 4.79 Å². The van der Waals surface area contributed by atoms with E-state index in [0.29, 0.717) is 12.3 Å². The molecule has 0 spiro atoms. The molecule has 0 saturated heterocycles. The topological polar surface area (TPSA) is 37.3 Å². The molecule has 0 heterocycles. The largest absolute Gasteiger partial charge is 0.481 e. The van der Waals surface area contributed by atoms with Crippen molar-refractivity contribution in [3.63, 3.8) is 0 Å². The molecule has 1 unspecified atom stereocenters. The van der Waals surface area contributed by atoms with Crippen LogP contribution < -0.4 is 0 Å². The van der Waals surface area contributed by atoms with Crippen LogP contribution in [-0.2, 0) is 4.79 Å². The van der Waals surface area contributed by atoms with Crippen molar-refractivity contribution in [3.05, 3.63) is 0 Å². The number of carbonyl (C=O) groups is 1. The van der Waals surface area contributed by atoms with Gasteiger partial charge in [0, 0.05) is 6.42 Å². The lowest BCUT2D eigenvalue weighted by molar-refractivity contribution is -0.137. The first-order valence-corrected chi connectivity index (χ1v) is 16.9. The highest BCUT2D eigenvalue weighted by Crippen LogP contribution is 2.06. The predicted molar refractivity (Wildman–Crippen MR) is 187 cm³/mol. The zero-order valence-corrected chi connectivity index (χ0v) is 30.3. The molecular formula is C37H86O2. The number of aliphatic carboxylic acids is 1. The van der Waals surface area contributed by atoms with Gasteiger partial charge in [0.1, 0.15) is 0 Å². The Morgan fingerprint density at radius 3 is 0.538 bits per heavy atom. The van der Waals surface area contributed by atoms with Gasteiger partial charge in [-0.05, 0) is 35.5 Å². The van der Waals surface area contributed by atoms with Crippen LogP contribution in [0.25, 0.3) is 0 Å². The Kier molecular flexibility index (Phi) is 66.1. The highest BCUT2D eigenvalue weighted by atomic mass is 16.4. The van der Waals surface area contributed by atoms with E-state index in [0.717, 1.165) is 36.0 Å². The van der Waals surface area contributed by atoms with Crippen molar-refractivity contribution >= 4 is 5.97 Å². The summed E-state index contributed by atoms with van der Waals surface area (Å²) in [5.41, 5.74) is 0. The molecule has 0 aromatic rings. The van der Waals surface area contributed by atoms with Gasteiger partial charge in [0.05, 0.1) is 0 Å². The van der Waals surface area contributed by atoms with Crippen molar-refractivity contribution in [2.75, 3.05) is 0 Å². The molecule has 246 valence electrons. The molecule has 1 atom stereocenters. The predicted octanol–water partition coefficient (Wildman–Crippen LogP) is 14.4. The van der Waals surface area contributed by atoms with Crippen molar-refractivity contribution in [1.29, 1.82) is 0 Å². The molecule has 0 saturated carbocycles. The fourth-order valence-electron chi connectivity index (χ4n) is 1.89. The molecular weight excluding hydrogens is 476 g/mol. The molecule has 0 aliphatic heterocycles. The number of carboxylic acid groups (broad SMARTS) is 1. The summed E-state index contributed by atoms with van der Waals surface area (Å²) in [6.07, 6.45) is 14.6. The fourth-order valence-corrected chi connectivity index (χ4v) is 1.89. The van der Waals surface area contributed by atoms with Crippen LogP contribution in [0.3, 0.4) is 0 Å². The van der Waals surface area contributed by atoms with Crippen molar-refractivity contribution in [2.45, 2.75) is 202 Å². The Hall–Kier alpha value is -0.530. The fraction of sp³-hybridized carbons (Fsp3) is 0.973. The normalized spacial score (nSPS) is 10.4. The third-order valence-electron chi connectivity index (χ3n) is 8.19. The zero-order valence-electron chi connectivity index (χ0n) is 30.3. The van der Waals surface area contributed by atoms with E-state index in [9.17, 15) is 4.79 Å². The van der Waals surface area contributed by atoms with Crippen LogP contribution in [0.4, 0.5) is 0 Å². The Balaban J connectivity index is -0.0000000629. The summed E-state index contributed by atoms with van der Waals surface area (Å²) < 4.78 is 0. The molecule has 0 rings (SSSR count). The van der Waals surface area contributed by atoms with Crippen LogP contribution in [-0.4, -0.2) is 11.1 Å². The minimum atomic E-state index is -0.695. The van der Waals surface area contributed by atoms with Crippen LogP contribution in [0.15, 0.2) is 0 Å². The van der Waals surface area contributed by atoms with Gasteiger partial charge in [0.2, 0.25) is 0 Å². The van der Waals surface area contributed by atoms with Crippen molar-refractivity contribution < 1.29 is 9.90 Å². The van der Waals surface area contributed by atoms with Crippen LogP contribution in [0.5, 0.6) is 0 Å². The standard InChI is InChI=1S/C6H12O2.5C6H14.CH4/c1-3-5(2)4-6(7)8;5*1-4-6(3)5-2;/h5H,3-4H2,1-2H3,(H,7,8);5*6H,4-5H2,1-3H3;1H4. The smallest absolute Gasteiger partial charge is 0.303 e. The molecule has 0 aliphatic carbocycles. The molecule has 0 aromatic carbocycles. The third kappa shape index (κ3) is 72.7. The van der Waals surface area contributed by atoms with E-state index in [4.69, 9.17) is 5.11 Å². The van der Waals surface area contributed by atoms with Gasteiger partial charge >= 0.3 is 5.97 Å². The van der Waals surface area contributed by atoms with E-state index in [-0.39, 0.29) is 7.43 Å². The first-order valence-electron chi connectivity index (χ1n) is 16.9. The average molecular weight is 563 g/mol. The lowest BCUT2D eigenvalue weighted by atomic mass is 10.1. The molecule has 0 aromatic heterocycles. The summed E-state index contributed by atoms with van der Waals surface area (Å²) in [7, 11) is 0. The van der Waals surface area contributed by atoms with Gasteiger partial charge in [-0.1, -0.05) is 196 Å². The van der Waals surface area contributed by atoms with E-state index >= 15 is 0 Å². The molecule has 0 fully saturated rings. The first-order chi connectivity index (χ1) is 17.7. The van der Waals surface area contributed by atoms with Gasteiger partial charge in [-0.15, -0.1) is 0 Å². The molecule has 0 aliphatic rings. The summed E-state index contributed by atoms with van der Waals surface area (Å²) in [6, 6.07) is 0. The van der Waals surface area contributed by atoms with Gasteiger partial charge in [0.15, 0.2) is 0 Å². The Morgan fingerprint density at radius 1 is 0.385 bits per heavy atom. The van der Waals surface area contributed by atoms with Crippen LogP contribution in [0.2, 0.25) is 0 Å².